The molecule has 5 nitrogen and oxygen atoms in total. The van der Waals surface area contributed by atoms with E-state index in [0.29, 0.717) is 18.6 Å². The van der Waals surface area contributed by atoms with Crippen molar-refractivity contribution in [2.45, 2.75) is 37.7 Å². The van der Waals surface area contributed by atoms with Gasteiger partial charge in [-0.3, -0.25) is 0 Å². The Kier molecular flexibility index (Phi) is 7.21. The quantitative estimate of drug-likeness (QED) is 0.564. The molecule has 0 unspecified atom stereocenters. The summed E-state index contributed by atoms with van der Waals surface area (Å²) < 4.78 is 9.93. The number of aliphatic hydroxyl groups is 1. The molecule has 0 bridgehead atoms. The molecule has 0 radical (unpaired) electrons. The van der Waals surface area contributed by atoms with Gasteiger partial charge in [-0.15, -0.1) is 0 Å². The first-order valence-corrected chi connectivity index (χ1v) is 8.72. The summed E-state index contributed by atoms with van der Waals surface area (Å²) >= 11 is 0. The van der Waals surface area contributed by atoms with Gasteiger partial charge in [0.25, 0.3) is 0 Å². The fourth-order valence-corrected chi connectivity index (χ4v) is 3.52. The van der Waals surface area contributed by atoms with Crippen molar-refractivity contribution in [3.05, 3.63) is 35.4 Å². The molecule has 0 aliphatic carbocycles. The van der Waals surface area contributed by atoms with Gasteiger partial charge in [0.1, 0.15) is 0 Å². The molecule has 1 heterocycles. The van der Waals surface area contributed by atoms with Gasteiger partial charge >= 0.3 is 5.97 Å². The van der Waals surface area contributed by atoms with Crippen molar-refractivity contribution in [2.24, 2.45) is 5.92 Å². The van der Waals surface area contributed by atoms with Crippen LogP contribution in [0.4, 0.5) is 0 Å². The van der Waals surface area contributed by atoms with E-state index >= 15 is 0 Å². The SMILES string of the molecule is COCCCC[C@@](O)(c1cccc(C(=O)OC)c1)[C@@H]1CCCNC1. The van der Waals surface area contributed by atoms with Crippen LogP contribution in [0.25, 0.3) is 0 Å². The fraction of sp³-hybridized carbons (Fsp3) is 0.632. The molecule has 2 N–H and O–H groups in total. The number of benzene rings is 1. The van der Waals surface area contributed by atoms with Crippen LogP contribution in [-0.4, -0.2) is 45.0 Å². The van der Waals surface area contributed by atoms with Crippen molar-refractivity contribution in [1.82, 2.24) is 5.32 Å². The van der Waals surface area contributed by atoms with E-state index in [2.05, 4.69) is 5.32 Å². The van der Waals surface area contributed by atoms with E-state index in [9.17, 15) is 9.90 Å². The Bertz CT molecular complexity index is 528. The molecule has 0 aromatic heterocycles. The molecule has 134 valence electrons. The van der Waals surface area contributed by atoms with Crippen LogP contribution in [0, 0.1) is 5.92 Å². The number of ether oxygens (including phenoxy) is 2. The largest absolute Gasteiger partial charge is 0.465 e. The molecule has 0 amide bonds. The molecule has 1 aromatic carbocycles. The van der Waals surface area contributed by atoms with E-state index in [0.717, 1.165) is 44.3 Å². The van der Waals surface area contributed by atoms with E-state index in [1.807, 2.05) is 12.1 Å². The van der Waals surface area contributed by atoms with Gasteiger partial charge in [0.15, 0.2) is 0 Å². The zero-order chi connectivity index (χ0) is 17.4. The molecular weight excluding hydrogens is 306 g/mol. The topological polar surface area (TPSA) is 67.8 Å². The van der Waals surface area contributed by atoms with Crippen LogP contribution in [0.2, 0.25) is 0 Å². The summed E-state index contributed by atoms with van der Waals surface area (Å²) in [5, 5.41) is 14.9. The lowest BCUT2D eigenvalue weighted by atomic mass is 9.74. The number of rotatable bonds is 8. The van der Waals surface area contributed by atoms with Crippen molar-refractivity contribution in [3.63, 3.8) is 0 Å². The van der Waals surface area contributed by atoms with Gasteiger partial charge in [-0.05, 0) is 56.3 Å². The predicted molar refractivity (Wildman–Crippen MR) is 93.0 cm³/mol. The van der Waals surface area contributed by atoms with Crippen molar-refractivity contribution in [2.75, 3.05) is 33.9 Å². The second kappa shape index (κ2) is 9.16. The highest BCUT2D eigenvalue weighted by Crippen LogP contribution is 2.38. The zero-order valence-electron chi connectivity index (χ0n) is 14.7. The van der Waals surface area contributed by atoms with Crippen LogP contribution >= 0.6 is 0 Å². The average molecular weight is 335 g/mol. The zero-order valence-corrected chi connectivity index (χ0v) is 14.7. The van der Waals surface area contributed by atoms with Crippen LogP contribution in [0.3, 0.4) is 0 Å². The van der Waals surface area contributed by atoms with Crippen molar-refractivity contribution in [3.8, 4) is 0 Å². The summed E-state index contributed by atoms with van der Waals surface area (Å²) in [4.78, 5) is 11.8. The van der Waals surface area contributed by atoms with Gasteiger partial charge < -0.3 is 19.9 Å². The van der Waals surface area contributed by atoms with E-state index < -0.39 is 5.60 Å². The third kappa shape index (κ3) is 4.56. The Morgan fingerprint density at radius 2 is 2.21 bits per heavy atom. The van der Waals surface area contributed by atoms with Crippen LogP contribution in [0.1, 0.15) is 48.0 Å². The summed E-state index contributed by atoms with van der Waals surface area (Å²) in [6.07, 6.45) is 4.49. The van der Waals surface area contributed by atoms with E-state index in [1.165, 1.54) is 7.11 Å². The number of carbonyl (C=O) groups is 1. The van der Waals surface area contributed by atoms with Crippen LogP contribution < -0.4 is 5.32 Å². The summed E-state index contributed by atoms with van der Waals surface area (Å²) in [6, 6.07) is 7.23. The summed E-state index contributed by atoms with van der Waals surface area (Å²) in [5.74, 6) is -0.234. The molecule has 5 heteroatoms. The molecule has 1 aliphatic rings. The van der Waals surface area contributed by atoms with Crippen molar-refractivity contribution in [1.29, 1.82) is 0 Å². The predicted octanol–water partition coefficient (Wildman–Crippen LogP) is 2.48. The van der Waals surface area contributed by atoms with Gasteiger partial charge in [-0.1, -0.05) is 12.1 Å². The fourth-order valence-electron chi connectivity index (χ4n) is 3.52. The lowest BCUT2D eigenvalue weighted by Gasteiger charge is -2.39. The average Bonchev–Trinajstić information content (AvgIpc) is 2.65. The van der Waals surface area contributed by atoms with Crippen LogP contribution in [0.15, 0.2) is 24.3 Å². The maximum absolute atomic E-state index is 11.8. The Labute approximate surface area is 144 Å². The minimum absolute atomic E-state index is 0.140. The Morgan fingerprint density at radius 1 is 1.38 bits per heavy atom. The highest BCUT2D eigenvalue weighted by Gasteiger charge is 2.38. The maximum atomic E-state index is 11.8. The van der Waals surface area contributed by atoms with Crippen LogP contribution in [0.5, 0.6) is 0 Å². The maximum Gasteiger partial charge on any atom is 0.337 e. The van der Waals surface area contributed by atoms with E-state index in [-0.39, 0.29) is 11.9 Å². The Hall–Kier alpha value is -1.43. The lowest BCUT2D eigenvalue weighted by molar-refractivity contribution is -0.0434. The van der Waals surface area contributed by atoms with Gasteiger partial charge in [-0.2, -0.15) is 0 Å². The second-order valence-electron chi connectivity index (χ2n) is 6.49. The molecule has 1 aromatic rings. The third-order valence-electron chi connectivity index (χ3n) is 4.91. The van der Waals surface area contributed by atoms with Gasteiger partial charge in [0.2, 0.25) is 0 Å². The molecule has 2 rings (SSSR count). The summed E-state index contributed by atoms with van der Waals surface area (Å²) in [7, 11) is 3.06. The standard InChI is InChI=1S/C19H29NO4/c1-23-12-4-3-10-19(22,17-9-6-11-20-14-17)16-8-5-7-15(13-16)18(21)24-2/h5,7-8,13,17,20,22H,3-4,6,9-12,14H2,1-2H3/t17-,19-/m1/s1. The lowest BCUT2D eigenvalue weighted by Crippen LogP contribution is -2.44. The normalized spacial score (nSPS) is 20.4. The number of nitrogens with one attached hydrogen (secondary N) is 1. The molecular formula is C19H29NO4. The minimum Gasteiger partial charge on any atom is -0.465 e. The van der Waals surface area contributed by atoms with Gasteiger partial charge in [-0.25, -0.2) is 4.79 Å². The van der Waals surface area contributed by atoms with Gasteiger partial charge in [0.05, 0.1) is 18.3 Å². The van der Waals surface area contributed by atoms with E-state index in [4.69, 9.17) is 9.47 Å². The molecule has 1 fully saturated rings. The number of piperidine rings is 1. The first-order chi connectivity index (χ1) is 11.6. The van der Waals surface area contributed by atoms with Crippen molar-refractivity contribution >= 4 is 5.97 Å². The molecule has 0 spiro atoms. The second-order valence-corrected chi connectivity index (χ2v) is 6.49. The van der Waals surface area contributed by atoms with Crippen LogP contribution in [-0.2, 0) is 15.1 Å². The molecule has 24 heavy (non-hydrogen) atoms. The first-order valence-electron chi connectivity index (χ1n) is 8.72. The van der Waals surface area contributed by atoms with E-state index in [1.54, 1.807) is 19.2 Å². The highest BCUT2D eigenvalue weighted by atomic mass is 16.5. The van der Waals surface area contributed by atoms with Crippen molar-refractivity contribution < 1.29 is 19.4 Å². The molecule has 1 saturated heterocycles. The van der Waals surface area contributed by atoms with Gasteiger partial charge in [0, 0.05) is 26.2 Å². The summed E-state index contributed by atoms with van der Waals surface area (Å²) in [5.41, 5.74) is 0.344. The third-order valence-corrected chi connectivity index (χ3v) is 4.91. The minimum atomic E-state index is -0.939. The number of unbranched alkanes of at least 4 members (excludes halogenated alkanes) is 1. The number of hydrogen-bond donors (Lipinski definition) is 2. The molecule has 1 aliphatic heterocycles. The number of esters is 1. The summed E-state index contributed by atoms with van der Waals surface area (Å²) in [6.45, 7) is 2.49. The highest BCUT2D eigenvalue weighted by molar-refractivity contribution is 5.89. The number of hydrogen-bond acceptors (Lipinski definition) is 5. The smallest absolute Gasteiger partial charge is 0.337 e. The number of methoxy groups -OCH3 is 2. The Morgan fingerprint density at radius 3 is 2.88 bits per heavy atom. The molecule has 2 atom stereocenters. The monoisotopic (exact) mass is 335 g/mol. The first kappa shape index (κ1) is 18.9. The number of carbonyl (C=O) groups excluding carboxylic acids is 1. The Balaban J connectivity index is 2.25. The molecule has 0 saturated carbocycles.